The molecule has 4 rings (SSSR count). The van der Waals surface area contributed by atoms with Crippen molar-refractivity contribution in [1.29, 1.82) is 0 Å². The van der Waals surface area contributed by atoms with Crippen LogP contribution >= 0.6 is 0 Å². The summed E-state index contributed by atoms with van der Waals surface area (Å²) in [6.07, 6.45) is 3.69. The highest BCUT2D eigenvalue weighted by Gasteiger charge is 2.17. The SMILES string of the molecule is O=C(Cn1ncc2c([nH]c3ccccc32)c1=O)NCC1CCCO1. The Morgan fingerprint density at radius 2 is 2.25 bits per heavy atom. The van der Waals surface area contributed by atoms with Gasteiger partial charge in [0.05, 0.1) is 12.3 Å². The second-order valence-electron chi connectivity index (χ2n) is 6.01. The minimum Gasteiger partial charge on any atom is -0.376 e. The fourth-order valence-electron chi connectivity index (χ4n) is 3.11. The maximum atomic E-state index is 12.6. The molecule has 124 valence electrons. The minimum atomic E-state index is -0.295. The van der Waals surface area contributed by atoms with Crippen LogP contribution in [0, 0.1) is 0 Å². The smallest absolute Gasteiger partial charge is 0.291 e. The zero-order valence-electron chi connectivity index (χ0n) is 13.1. The highest BCUT2D eigenvalue weighted by atomic mass is 16.5. The van der Waals surface area contributed by atoms with E-state index < -0.39 is 0 Å². The summed E-state index contributed by atoms with van der Waals surface area (Å²) < 4.78 is 6.65. The second-order valence-corrected chi connectivity index (χ2v) is 6.01. The van der Waals surface area contributed by atoms with Crippen LogP contribution in [0.3, 0.4) is 0 Å². The molecule has 3 aromatic rings. The third kappa shape index (κ3) is 2.67. The van der Waals surface area contributed by atoms with Gasteiger partial charge in [0, 0.05) is 29.4 Å². The van der Waals surface area contributed by atoms with Gasteiger partial charge in [-0.05, 0) is 18.9 Å². The molecule has 0 aliphatic carbocycles. The van der Waals surface area contributed by atoms with Crippen LogP contribution in [0.4, 0.5) is 0 Å². The van der Waals surface area contributed by atoms with Gasteiger partial charge >= 0.3 is 0 Å². The molecule has 1 fully saturated rings. The Balaban J connectivity index is 1.55. The van der Waals surface area contributed by atoms with E-state index in [-0.39, 0.29) is 24.1 Å². The van der Waals surface area contributed by atoms with E-state index in [9.17, 15) is 9.59 Å². The average molecular weight is 326 g/mol. The molecule has 0 radical (unpaired) electrons. The molecule has 1 saturated heterocycles. The van der Waals surface area contributed by atoms with E-state index in [4.69, 9.17) is 4.74 Å². The predicted octanol–water partition coefficient (Wildman–Crippen LogP) is 1.17. The molecule has 7 nitrogen and oxygen atoms in total. The summed E-state index contributed by atoms with van der Waals surface area (Å²) in [5.41, 5.74) is 1.06. The third-order valence-electron chi connectivity index (χ3n) is 4.37. The quantitative estimate of drug-likeness (QED) is 0.753. The standard InChI is InChI=1S/C17H18N4O3/c22-15(18-8-11-4-3-7-24-11)10-21-17(23)16-13(9-19-21)12-5-1-2-6-14(12)20-16/h1-2,5-6,9,11,20H,3-4,7-8,10H2,(H,18,22). The van der Waals surface area contributed by atoms with Crippen molar-refractivity contribution in [3.63, 3.8) is 0 Å². The molecule has 1 amide bonds. The van der Waals surface area contributed by atoms with Gasteiger partial charge in [0.2, 0.25) is 5.91 Å². The second kappa shape index (κ2) is 6.09. The van der Waals surface area contributed by atoms with Crippen molar-refractivity contribution in [2.24, 2.45) is 0 Å². The van der Waals surface area contributed by atoms with E-state index >= 15 is 0 Å². The maximum Gasteiger partial charge on any atom is 0.291 e. The Bertz CT molecular complexity index is 953. The molecule has 24 heavy (non-hydrogen) atoms. The highest BCUT2D eigenvalue weighted by molar-refractivity contribution is 6.06. The number of H-pyrrole nitrogens is 1. The van der Waals surface area contributed by atoms with Crippen LogP contribution in [-0.4, -0.2) is 39.9 Å². The average Bonchev–Trinajstić information content (AvgIpc) is 3.23. The largest absolute Gasteiger partial charge is 0.376 e. The number of ether oxygens (including phenoxy) is 1. The van der Waals surface area contributed by atoms with E-state index in [1.807, 2.05) is 24.3 Å². The fourth-order valence-corrected chi connectivity index (χ4v) is 3.11. The fraction of sp³-hybridized carbons (Fsp3) is 0.353. The van der Waals surface area contributed by atoms with Gasteiger partial charge in [0.15, 0.2) is 0 Å². The number of aromatic amines is 1. The Morgan fingerprint density at radius 3 is 3.08 bits per heavy atom. The lowest BCUT2D eigenvalue weighted by Gasteiger charge is -2.11. The normalized spacial score (nSPS) is 17.6. The van der Waals surface area contributed by atoms with Crippen molar-refractivity contribution < 1.29 is 9.53 Å². The molecule has 3 heterocycles. The summed E-state index contributed by atoms with van der Waals surface area (Å²) in [6.45, 7) is 1.12. The van der Waals surface area contributed by atoms with Crippen LogP contribution in [0.1, 0.15) is 12.8 Å². The number of hydrogen-bond acceptors (Lipinski definition) is 4. The Labute approximate surface area is 137 Å². The lowest BCUT2D eigenvalue weighted by Crippen LogP contribution is -2.37. The van der Waals surface area contributed by atoms with Crippen molar-refractivity contribution in [1.82, 2.24) is 20.1 Å². The Morgan fingerprint density at radius 1 is 1.38 bits per heavy atom. The van der Waals surface area contributed by atoms with Gasteiger partial charge in [0.1, 0.15) is 12.1 Å². The van der Waals surface area contributed by atoms with Gasteiger partial charge in [0.25, 0.3) is 5.56 Å². The predicted molar refractivity (Wildman–Crippen MR) is 89.8 cm³/mol. The number of nitrogens with zero attached hydrogens (tertiary/aromatic N) is 2. The maximum absolute atomic E-state index is 12.6. The summed E-state index contributed by atoms with van der Waals surface area (Å²) in [7, 11) is 0. The number of amides is 1. The lowest BCUT2D eigenvalue weighted by atomic mass is 10.2. The molecular formula is C17H18N4O3. The summed E-state index contributed by atoms with van der Waals surface area (Å²) in [6, 6.07) is 7.67. The van der Waals surface area contributed by atoms with Gasteiger partial charge in [-0.3, -0.25) is 9.59 Å². The van der Waals surface area contributed by atoms with Gasteiger partial charge in [-0.15, -0.1) is 0 Å². The van der Waals surface area contributed by atoms with E-state index in [0.717, 1.165) is 35.7 Å². The number of rotatable bonds is 4. The molecule has 1 unspecified atom stereocenters. The minimum absolute atomic E-state index is 0.0785. The number of fused-ring (bicyclic) bond motifs is 3. The van der Waals surface area contributed by atoms with Crippen molar-refractivity contribution in [2.75, 3.05) is 13.2 Å². The first-order chi connectivity index (χ1) is 11.7. The third-order valence-corrected chi connectivity index (χ3v) is 4.37. The summed E-state index contributed by atoms with van der Waals surface area (Å²) >= 11 is 0. The van der Waals surface area contributed by atoms with Gasteiger partial charge in [-0.1, -0.05) is 18.2 Å². The summed E-state index contributed by atoms with van der Waals surface area (Å²) in [5, 5.41) is 8.66. The summed E-state index contributed by atoms with van der Waals surface area (Å²) in [5.74, 6) is -0.240. The van der Waals surface area contributed by atoms with Crippen LogP contribution in [0.5, 0.6) is 0 Å². The van der Waals surface area contributed by atoms with E-state index in [1.54, 1.807) is 6.20 Å². The van der Waals surface area contributed by atoms with Crippen molar-refractivity contribution in [2.45, 2.75) is 25.5 Å². The highest BCUT2D eigenvalue weighted by Crippen LogP contribution is 2.21. The van der Waals surface area contributed by atoms with Crippen LogP contribution < -0.4 is 10.9 Å². The van der Waals surface area contributed by atoms with E-state index in [1.165, 1.54) is 4.68 Å². The number of para-hydroxylation sites is 1. The molecule has 1 atom stereocenters. The van der Waals surface area contributed by atoms with Crippen LogP contribution in [0.25, 0.3) is 21.8 Å². The Hall–Kier alpha value is -2.67. The van der Waals surface area contributed by atoms with Gasteiger partial charge in [-0.25, -0.2) is 4.68 Å². The number of carbonyl (C=O) groups is 1. The first-order valence-electron chi connectivity index (χ1n) is 8.07. The van der Waals surface area contributed by atoms with Crippen molar-refractivity contribution in [3.05, 3.63) is 40.8 Å². The zero-order valence-corrected chi connectivity index (χ0v) is 13.1. The van der Waals surface area contributed by atoms with Crippen LogP contribution in [0.2, 0.25) is 0 Å². The first kappa shape index (κ1) is 14.9. The molecule has 0 bridgehead atoms. The molecule has 1 aliphatic rings. The first-order valence-corrected chi connectivity index (χ1v) is 8.07. The molecule has 0 saturated carbocycles. The monoisotopic (exact) mass is 326 g/mol. The van der Waals surface area contributed by atoms with E-state index in [2.05, 4.69) is 15.4 Å². The Kier molecular flexibility index (Phi) is 3.78. The van der Waals surface area contributed by atoms with Crippen LogP contribution in [0.15, 0.2) is 35.3 Å². The molecular weight excluding hydrogens is 308 g/mol. The topological polar surface area (TPSA) is 89.0 Å². The molecule has 2 N–H and O–H groups in total. The van der Waals surface area contributed by atoms with Crippen molar-refractivity contribution in [3.8, 4) is 0 Å². The van der Waals surface area contributed by atoms with Gasteiger partial charge in [-0.2, -0.15) is 5.10 Å². The number of hydrogen-bond donors (Lipinski definition) is 2. The van der Waals surface area contributed by atoms with Crippen LogP contribution in [-0.2, 0) is 16.1 Å². The molecule has 1 aliphatic heterocycles. The molecule has 1 aromatic carbocycles. The zero-order chi connectivity index (χ0) is 16.5. The van der Waals surface area contributed by atoms with Crippen molar-refractivity contribution >= 4 is 27.7 Å². The van der Waals surface area contributed by atoms with E-state index in [0.29, 0.717) is 12.1 Å². The van der Waals surface area contributed by atoms with Gasteiger partial charge < -0.3 is 15.0 Å². The number of nitrogens with one attached hydrogen (secondary N) is 2. The summed E-state index contributed by atoms with van der Waals surface area (Å²) in [4.78, 5) is 27.7. The molecule has 7 heteroatoms. The molecule has 0 spiro atoms. The number of carbonyl (C=O) groups excluding carboxylic acids is 1. The molecule has 2 aromatic heterocycles. The number of benzene rings is 1. The number of aromatic nitrogens is 3. The lowest BCUT2D eigenvalue weighted by molar-refractivity contribution is -0.122.